The summed E-state index contributed by atoms with van der Waals surface area (Å²) in [7, 11) is 0.687. The monoisotopic (exact) mass is 440 g/mol. The van der Waals surface area contributed by atoms with Crippen molar-refractivity contribution in [1.82, 2.24) is 4.57 Å². The fraction of sp³-hybridized carbons (Fsp3) is 0.421. The molecule has 1 heterocycles. The van der Waals surface area contributed by atoms with Gasteiger partial charge in [-0.25, -0.2) is 0 Å². The van der Waals surface area contributed by atoms with Crippen LogP contribution in [0.25, 0.3) is 11.3 Å². The molecule has 0 aliphatic rings. The number of hydrogen-bond acceptors (Lipinski definition) is 2. The van der Waals surface area contributed by atoms with Gasteiger partial charge in [0.15, 0.2) is 0 Å². The standard InChI is InChI=1S/C19H26BrClN2OSi/c1-14-6-7-16(21)11-17(14)19-15(12-22-2)10-18(20)23(19)13-24-8-9-25(3,4)5/h6-7,10-12H,8-9,13H2,1-5H3. The van der Waals surface area contributed by atoms with Gasteiger partial charge in [-0.15, -0.1) is 0 Å². The molecule has 0 fully saturated rings. The van der Waals surface area contributed by atoms with Gasteiger partial charge in [-0.1, -0.05) is 37.3 Å². The number of nitrogens with zero attached hydrogens (tertiary/aromatic N) is 2. The Bertz CT molecular complexity index is 766. The number of aromatic nitrogens is 1. The first-order chi connectivity index (χ1) is 11.7. The molecular weight excluding hydrogens is 416 g/mol. The average Bonchev–Trinajstić information content (AvgIpc) is 2.81. The van der Waals surface area contributed by atoms with Crippen LogP contribution in [0, 0.1) is 6.92 Å². The van der Waals surface area contributed by atoms with Gasteiger partial charge in [-0.3, -0.25) is 4.99 Å². The molecule has 0 spiro atoms. The molecule has 1 aromatic carbocycles. The molecule has 0 radical (unpaired) electrons. The van der Waals surface area contributed by atoms with Gasteiger partial charge in [0.05, 0.1) is 10.3 Å². The van der Waals surface area contributed by atoms with E-state index in [-0.39, 0.29) is 0 Å². The number of aliphatic imine (C=N–C) groups is 1. The van der Waals surface area contributed by atoms with Crippen LogP contribution < -0.4 is 0 Å². The van der Waals surface area contributed by atoms with Gasteiger partial charge < -0.3 is 9.30 Å². The molecular formula is C19H26BrClN2OSi. The normalized spacial score (nSPS) is 12.3. The minimum Gasteiger partial charge on any atom is -0.361 e. The smallest absolute Gasteiger partial charge is 0.123 e. The zero-order valence-electron chi connectivity index (χ0n) is 15.6. The molecule has 1 aromatic heterocycles. The molecule has 0 aliphatic carbocycles. The minimum absolute atomic E-state index is 0.504. The van der Waals surface area contributed by atoms with Crippen LogP contribution in [0.5, 0.6) is 0 Å². The third-order valence-corrected chi connectivity index (χ3v) is 6.61. The second-order valence-corrected chi connectivity index (χ2v) is 14.3. The summed E-state index contributed by atoms with van der Waals surface area (Å²) in [5.41, 5.74) is 4.39. The van der Waals surface area contributed by atoms with Crippen LogP contribution >= 0.6 is 27.5 Å². The van der Waals surface area contributed by atoms with Gasteiger partial charge in [0, 0.05) is 44.1 Å². The summed E-state index contributed by atoms with van der Waals surface area (Å²) in [5, 5.41) is 0.725. The van der Waals surface area contributed by atoms with E-state index in [4.69, 9.17) is 16.3 Å². The Morgan fingerprint density at radius 1 is 1.28 bits per heavy atom. The molecule has 0 bridgehead atoms. The maximum Gasteiger partial charge on any atom is 0.123 e. The van der Waals surface area contributed by atoms with Crippen molar-refractivity contribution in [2.24, 2.45) is 4.99 Å². The van der Waals surface area contributed by atoms with Crippen LogP contribution in [0.2, 0.25) is 30.7 Å². The van der Waals surface area contributed by atoms with Crippen molar-refractivity contribution in [2.45, 2.75) is 39.3 Å². The van der Waals surface area contributed by atoms with Crippen molar-refractivity contribution in [2.75, 3.05) is 13.7 Å². The predicted octanol–water partition coefficient (Wildman–Crippen LogP) is 6.24. The largest absolute Gasteiger partial charge is 0.361 e. The van der Waals surface area contributed by atoms with Crippen molar-refractivity contribution in [3.05, 3.63) is 45.0 Å². The highest BCUT2D eigenvalue weighted by Gasteiger charge is 2.17. The molecule has 136 valence electrons. The second-order valence-electron chi connectivity index (χ2n) is 7.39. The van der Waals surface area contributed by atoms with Gasteiger partial charge in [-0.05, 0) is 52.7 Å². The van der Waals surface area contributed by atoms with Crippen LogP contribution in [0.4, 0.5) is 0 Å². The summed E-state index contributed by atoms with van der Waals surface area (Å²) in [6.45, 7) is 10.5. The Hall–Kier alpha value is -0.883. The summed E-state index contributed by atoms with van der Waals surface area (Å²) < 4.78 is 9.11. The van der Waals surface area contributed by atoms with Crippen LogP contribution in [0.3, 0.4) is 0 Å². The molecule has 0 atom stereocenters. The van der Waals surface area contributed by atoms with Crippen molar-refractivity contribution in [3.8, 4) is 11.3 Å². The predicted molar refractivity (Wildman–Crippen MR) is 115 cm³/mol. The SMILES string of the molecule is CN=Cc1cc(Br)n(COCC[Si](C)(C)C)c1-c1cc(Cl)ccc1C. The molecule has 6 heteroatoms. The Kier molecular flexibility index (Phi) is 7.08. The van der Waals surface area contributed by atoms with Crippen LogP contribution in [-0.4, -0.2) is 32.5 Å². The zero-order chi connectivity index (χ0) is 18.6. The lowest BCUT2D eigenvalue weighted by Gasteiger charge is -2.18. The first-order valence-corrected chi connectivity index (χ1v) is 13.3. The van der Waals surface area contributed by atoms with E-state index in [1.807, 2.05) is 24.4 Å². The Morgan fingerprint density at radius 2 is 2.00 bits per heavy atom. The molecule has 25 heavy (non-hydrogen) atoms. The first-order valence-electron chi connectivity index (χ1n) is 8.38. The summed E-state index contributed by atoms with van der Waals surface area (Å²) in [6.07, 6.45) is 1.87. The van der Waals surface area contributed by atoms with Crippen LogP contribution in [0.1, 0.15) is 11.1 Å². The summed E-state index contributed by atoms with van der Waals surface area (Å²) in [5.74, 6) is 0. The highest BCUT2D eigenvalue weighted by Crippen LogP contribution is 2.33. The third kappa shape index (κ3) is 5.54. The molecule has 2 rings (SSSR count). The number of benzene rings is 1. The zero-order valence-corrected chi connectivity index (χ0v) is 18.9. The number of rotatable bonds is 7. The van der Waals surface area contributed by atoms with Gasteiger partial charge in [0.1, 0.15) is 6.73 Å². The molecule has 3 nitrogen and oxygen atoms in total. The van der Waals surface area contributed by atoms with Gasteiger partial charge >= 0.3 is 0 Å². The topological polar surface area (TPSA) is 26.5 Å². The average molecular weight is 442 g/mol. The Labute approximate surface area is 165 Å². The highest BCUT2D eigenvalue weighted by molar-refractivity contribution is 9.10. The van der Waals surface area contributed by atoms with Gasteiger partial charge in [-0.2, -0.15) is 0 Å². The van der Waals surface area contributed by atoms with E-state index in [1.165, 1.54) is 5.56 Å². The lowest BCUT2D eigenvalue weighted by Crippen LogP contribution is -2.22. The molecule has 0 aliphatic heterocycles. The third-order valence-electron chi connectivity index (χ3n) is 4.02. The van der Waals surface area contributed by atoms with Crippen molar-refractivity contribution >= 4 is 41.8 Å². The summed E-state index contributed by atoms with van der Waals surface area (Å²) >= 11 is 9.92. The quantitative estimate of drug-likeness (QED) is 0.284. The van der Waals surface area contributed by atoms with E-state index in [9.17, 15) is 0 Å². The molecule has 0 N–H and O–H groups in total. The van der Waals surface area contributed by atoms with E-state index >= 15 is 0 Å². The Balaban J connectivity index is 2.38. The molecule has 0 unspecified atom stereocenters. The highest BCUT2D eigenvalue weighted by atomic mass is 79.9. The Morgan fingerprint density at radius 3 is 2.64 bits per heavy atom. The van der Waals surface area contributed by atoms with E-state index in [1.54, 1.807) is 7.05 Å². The minimum atomic E-state index is -1.09. The lowest BCUT2D eigenvalue weighted by atomic mass is 10.0. The summed E-state index contributed by atoms with van der Waals surface area (Å²) in [4.78, 5) is 4.20. The van der Waals surface area contributed by atoms with E-state index in [2.05, 4.69) is 58.1 Å². The molecule has 0 saturated heterocycles. The number of ether oxygens (including phenoxy) is 1. The van der Waals surface area contributed by atoms with E-state index in [0.717, 1.165) is 39.1 Å². The molecule has 0 amide bonds. The maximum absolute atomic E-state index is 6.25. The first kappa shape index (κ1) is 20.4. The lowest BCUT2D eigenvalue weighted by molar-refractivity contribution is 0.0871. The number of aryl methyl sites for hydroxylation is 1. The summed E-state index contributed by atoms with van der Waals surface area (Å²) in [6, 6.07) is 9.19. The molecule has 0 saturated carbocycles. The van der Waals surface area contributed by atoms with Crippen molar-refractivity contribution < 1.29 is 4.74 Å². The van der Waals surface area contributed by atoms with E-state index in [0.29, 0.717) is 6.73 Å². The van der Waals surface area contributed by atoms with Crippen LogP contribution in [-0.2, 0) is 11.5 Å². The number of hydrogen-bond donors (Lipinski definition) is 0. The maximum atomic E-state index is 6.25. The van der Waals surface area contributed by atoms with Crippen molar-refractivity contribution in [3.63, 3.8) is 0 Å². The fourth-order valence-electron chi connectivity index (χ4n) is 2.59. The molecule has 2 aromatic rings. The second kappa shape index (κ2) is 8.67. The number of halogens is 2. The van der Waals surface area contributed by atoms with Crippen molar-refractivity contribution in [1.29, 1.82) is 0 Å². The van der Waals surface area contributed by atoms with E-state index < -0.39 is 8.07 Å². The van der Waals surface area contributed by atoms with Gasteiger partial charge in [0.25, 0.3) is 0 Å². The van der Waals surface area contributed by atoms with Crippen LogP contribution in [0.15, 0.2) is 33.9 Å². The van der Waals surface area contributed by atoms with Gasteiger partial charge in [0.2, 0.25) is 0 Å². The fourth-order valence-corrected chi connectivity index (χ4v) is 4.04.